The Labute approximate surface area is 127 Å². The number of ether oxygens (including phenoxy) is 1. The highest BCUT2D eigenvalue weighted by molar-refractivity contribution is 5.38. The Morgan fingerprint density at radius 1 is 1.24 bits per heavy atom. The van der Waals surface area contributed by atoms with Crippen LogP contribution in [-0.4, -0.2) is 23.9 Å². The standard InChI is InChI=1S/C18H27NO2/c1-17(2)11-15(14-7-3-4-8-16(14)21-17)19-12-18(13-20)9-5-6-10-18/h3-4,7-8,15,19-20H,5-6,9-13H2,1-2H3. The van der Waals surface area contributed by atoms with Gasteiger partial charge in [-0.1, -0.05) is 31.0 Å². The number of hydrogen-bond donors (Lipinski definition) is 2. The van der Waals surface area contributed by atoms with E-state index in [-0.39, 0.29) is 11.0 Å². The largest absolute Gasteiger partial charge is 0.487 e. The van der Waals surface area contributed by atoms with Crippen LogP contribution in [-0.2, 0) is 0 Å². The molecule has 1 aliphatic carbocycles. The second kappa shape index (κ2) is 5.62. The van der Waals surface area contributed by atoms with E-state index >= 15 is 0 Å². The maximum atomic E-state index is 9.78. The molecule has 1 heterocycles. The predicted molar refractivity (Wildman–Crippen MR) is 84.5 cm³/mol. The van der Waals surface area contributed by atoms with Gasteiger partial charge in [0, 0.05) is 36.6 Å². The number of fused-ring (bicyclic) bond motifs is 1. The van der Waals surface area contributed by atoms with E-state index < -0.39 is 0 Å². The molecule has 0 spiro atoms. The lowest BCUT2D eigenvalue weighted by atomic mass is 9.85. The zero-order valence-electron chi connectivity index (χ0n) is 13.2. The predicted octanol–water partition coefficient (Wildman–Crippen LogP) is 3.43. The quantitative estimate of drug-likeness (QED) is 0.892. The number of para-hydroxylation sites is 1. The van der Waals surface area contributed by atoms with Crippen LogP contribution in [0.25, 0.3) is 0 Å². The fourth-order valence-corrected chi connectivity index (χ4v) is 3.84. The van der Waals surface area contributed by atoms with Crippen LogP contribution in [0.1, 0.15) is 57.6 Å². The Balaban J connectivity index is 1.75. The average molecular weight is 289 g/mol. The average Bonchev–Trinajstić information content (AvgIpc) is 2.93. The van der Waals surface area contributed by atoms with Crippen molar-refractivity contribution in [2.75, 3.05) is 13.2 Å². The highest BCUT2D eigenvalue weighted by Gasteiger charge is 2.37. The first-order chi connectivity index (χ1) is 10.0. The Bertz CT molecular complexity index is 492. The van der Waals surface area contributed by atoms with E-state index in [1.165, 1.54) is 18.4 Å². The molecule has 2 aliphatic rings. The van der Waals surface area contributed by atoms with E-state index in [2.05, 4.69) is 37.4 Å². The summed E-state index contributed by atoms with van der Waals surface area (Å²) in [4.78, 5) is 0. The van der Waals surface area contributed by atoms with Crippen LogP contribution in [0.4, 0.5) is 0 Å². The molecule has 116 valence electrons. The molecule has 0 amide bonds. The molecule has 21 heavy (non-hydrogen) atoms. The van der Waals surface area contributed by atoms with Gasteiger partial charge in [0.2, 0.25) is 0 Å². The lowest BCUT2D eigenvalue weighted by Gasteiger charge is -2.39. The number of benzene rings is 1. The Kier molecular flexibility index (Phi) is 3.98. The van der Waals surface area contributed by atoms with Crippen molar-refractivity contribution < 1.29 is 9.84 Å². The number of nitrogens with one attached hydrogen (secondary N) is 1. The van der Waals surface area contributed by atoms with Gasteiger partial charge >= 0.3 is 0 Å². The smallest absolute Gasteiger partial charge is 0.124 e. The summed E-state index contributed by atoms with van der Waals surface area (Å²) in [5.41, 5.74) is 1.20. The lowest BCUT2D eigenvalue weighted by molar-refractivity contribution is 0.0589. The van der Waals surface area contributed by atoms with Gasteiger partial charge in [0.15, 0.2) is 0 Å². The molecule has 1 saturated carbocycles. The molecule has 0 saturated heterocycles. The van der Waals surface area contributed by atoms with Crippen LogP contribution in [0.5, 0.6) is 5.75 Å². The van der Waals surface area contributed by atoms with Crippen molar-refractivity contribution in [1.82, 2.24) is 5.32 Å². The second-order valence-corrected chi connectivity index (χ2v) is 7.40. The Morgan fingerprint density at radius 3 is 2.67 bits per heavy atom. The third-order valence-electron chi connectivity index (χ3n) is 5.10. The van der Waals surface area contributed by atoms with Gasteiger partial charge in [-0.2, -0.15) is 0 Å². The van der Waals surface area contributed by atoms with E-state index in [1.807, 2.05) is 6.07 Å². The van der Waals surface area contributed by atoms with Crippen LogP contribution in [0.2, 0.25) is 0 Å². The minimum atomic E-state index is -0.145. The Hall–Kier alpha value is -1.06. The summed E-state index contributed by atoms with van der Waals surface area (Å²) < 4.78 is 6.08. The zero-order chi connectivity index (χ0) is 14.9. The van der Waals surface area contributed by atoms with Crippen molar-refractivity contribution in [2.24, 2.45) is 5.41 Å². The SMILES string of the molecule is CC1(C)CC(NCC2(CO)CCCC2)c2ccccc2O1. The van der Waals surface area contributed by atoms with E-state index in [9.17, 15) is 5.11 Å². The fraction of sp³-hybridized carbons (Fsp3) is 0.667. The van der Waals surface area contributed by atoms with Gasteiger partial charge in [-0.25, -0.2) is 0 Å². The summed E-state index contributed by atoms with van der Waals surface area (Å²) in [6, 6.07) is 8.63. The van der Waals surface area contributed by atoms with Crippen LogP contribution in [0, 0.1) is 5.41 Å². The van der Waals surface area contributed by atoms with Crippen LogP contribution in [0.15, 0.2) is 24.3 Å². The van der Waals surface area contributed by atoms with Gasteiger partial charge in [-0.3, -0.25) is 0 Å². The number of aliphatic hydroxyl groups excluding tert-OH is 1. The molecule has 3 rings (SSSR count). The van der Waals surface area contributed by atoms with Crippen LogP contribution < -0.4 is 10.1 Å². The number of aliphatic hydroxyl groups is 1. The summed E-state index contributed by atoms with van der Waals surface area (Å²) >= 11 is 0. The first-order valence-electron chi connectivity index (χ1n) is 8.16. The monoisotopic (exact) mass is 289 g/mol. The third kappa shape index (κ3) is 3.09. The Morgan fingerprint density at radius 2 is 1.95 bits per heavy atom. The molecule has 1 aliphatic heterocycles. The van der Waals surface area contributed by atoms with Gasteiger partial charge in [0.25, 0.3) is 0 Å². The molecule has 0 aromatic heterocycles. The molecule has 0 bridgehead atoms. The minimum absolute atomic E-state index is 0.0946. The van der Waals surface area contributed by atoms with Gasteiger partial charge in [0.1, 0.15) is 11.4 Å². The molecule has 1 atom stereocenters. The van der Waals surface area contributed by atoms with Crippen molar-refractivity contribution in [1.29, 1.82) is 0 Å². The van der Waals surface area contributed by atoms with Crippen LogP contribution in [0.3, 0.4) is 0 Å². The summed E-state index contributed by atoms with van der Waals surface area (Å²) in [6.07, 6.45) is 5.75. The van der Waals surface area contributed by atoms with Crippen molar-refractivity contribution in [3.63, 3.8) is 0 Å². The molecule has 2 N–H and O–H groups in total. The van der Waals surface area contributed by atoms with Gasteiger partial charge in [-0.05, 0) is 32.8 Å². The van der Waals surface area contributed by atoms with E-state index in [0.717, 1.165) is 31.6 Å². The minimum Gasteiger partial charge on any atom is -0.487 e. The third-order valence-corrected chi connectivity index (χ3v) is 5.10. The molecule has 3 heteroatoms. The first kappa shape index (κ1) is 14.9. The van der Waals surface area contributed by atoms with E-state index in [0.29, 0.717) is 12.6 Å². The lowest BCUT2D eigenvalue weighted by Crippen LogP contribution is -2.43. The summed E-state index contributed by atoms with van der Waals surface area (Å²) in [7, 11) is 0. The number of hydrogen-bond acceptors (Lipinski definition) is 3. The molecular formula is C18H27NO2. The topological polar surface area (TPSA) is 41.5 Å². The summed E-state index contributed by atoms with van der Waals surface area (Å²) in [5, 5.41) is 13.5. The highest BCUT2D eigenvalue weighted by atomic mass is 16.5. The van der Waals surface area contributed by atoms with E-state index in [1.54, 1.807) is 0 Å². The van der Waals surface area contributed by atoms with Gasteiger partial charge in [-0.15, -0.1) is 0 Å². The first-order valence-corrected chi connectivity index (χ1v) is 8.16. The maximum Gasteiger partial charge on any atom is 0.124 e. The van der Waals surface area contributed by atoms with E-state index in [4.69, 9.17) is 4.74 Å². The number of rotatable bonds is 4. The van der Waals surface area contributed by atoms with Crippen molar-refractivity contribution in [2.45, 2.75) is 57.6 Å². The molecule has 3 nitrogen and oxygen atoms in total. The molecule has 1 unspecified atom stereocenters. The molecule has 0 radical (unpaired) electrons. The fourth-order valence-electron chi connectivity index (χ4n) is 3.84. The summed E-state index contributed by atoms with van der Waals surface area (Å²) in [5.74, 6) is 0.996. The summed E-state index contributed by atoms with van der Waals surface area (Å²) in [6.45, 7) is 5.50. The molecular weight excluding hydrogens is 262 g/mol. The van der Waals surface area contributed by atoms with Crippen molar-refractivity contribution >= 4 is 0 Å². The molecule has 1 aromatic rings. The zero-order valence-corrected chi connectivity index (χ0v) is 13.2. The second-order valence-electron chi connectivity index (χ2n) is 7.40. The van der Waals surface area contributed by atoms with Gasteiger partial charge in [0.05, 0.1) is 0 Å². The molecule has 1 fully saturated rings. The van der Waals surface area contributed by atoms with Crippen LogP contribution >= 0.6 is 0 Å². The maximum absolute atomic E-state index is 9.78. The molecule has 1 aromatic carbocycles. The normalized spacial score (nSPS) is 26.1. The highest BCUT2D eigenvalue weighted by Crippen LogP contribution is 2.41. The van der Waals surface area contributed by atoms with Crippen molar-refractivity contribution in [3.05, 3.63) is 29.8 Å². The van der Waals surface area contributed by atoms with Gasteiger partial charge < -0.3 is 15.2 Å². The van der Waals surface area contributed by atoms with Crippen molar-refractivity contribution in [3.8, 4) is 5.75 Å².